The summed E-state index contributed by atoms with van der Waals surface area (Å²) in [4.78, 5) is 0. The molecule has 110 valence electrons. The summed E-state index contributed by atoms with van der Waals surface area (Å²) in [6.07, 6.45) is 12.6. The Balaban J connectivity index is 2.86. The van der Waals surface area contributed by atoms with Crippen LogP contribution in [0.2, 0.25) is 0 Å². The van der Waals surface area contributed by atoms with Gasteiger partial charge in [0.2, 0.25) is 0 Å². The maximum absolute atomic E-state index is 5.58. The van der Waals surface area contributed by atoms with E-state index in [2.05, 4.69) is 13.8 Å². The van der Waals surface area contributed by atoms with Gasteiger partial charge in [-0.15, -0.1) is 0 Å². The van der Waals surface area contributed by atoms with Crippen molar-refractivity contribution in [2.45, 2.75) is 78.1 Å². The zero-order valence-corrected chi connectivity index (χ0v) is 12.7. The summed E-state index contributed by atoms with van der Waals surface area (Å²) in [5.41, 5.74) is 0. The van der Waals surface area contributed by atoms with Crippen molar-refractivity contribution in [1.82, 2.24) is 0 Å². The average Bonchev–Trinajstić information content (AvgIpc) is 2.39. The van der Waals surface area contributed by atoms with E-state index in [4.69, 9.17) is 9.47 Å². The number of rotatable bonds is 15. The maximum Gasteiger partial charge on any atom is 0.0466 e. The fraction of sp³-hybridized carbons (Fsp3) is 1.00. The molecule has 0 unspecified atom stereocenters. The topological polar surface area (TPSA) is 18.5 Å². The van der Waals surface area contributed by atoms with Crippen LogP contribution < -0.4 is 0 Å². The Morgan fingerprint density at radius 3 is 1.33 bits per heavy atom. The van der Waals surface area contributed by atoms with Crippen LogP contribution in [0.15, 0.2) is 0 Å². The van der Waals surface area contributed by atoms with E-state index in [9.17, 15) is 0 Å². The highest BCUT2D eigenvalue weighted by Gasteiger charge is 1.93. The van der Waals surface area contributed by atoms with Gasteiger partial charge in [-0.3, -0.25) is 0 Å². The number of hydrogen-bond acceptors (Lipinski definition) is 2. The second kappa shape index (κ2) is 16.9. The third kappa shape index (κ3) is 15.9. The molecule has 18 heavy (non-hydrogen) atoms. The molecule has 0 aromatic rings. The van der Waals surface area contributed by atoms with Crippen LogP contribution in [0.1, 0.15) is 78.1 Å². The van der Waals surface area contributed by atoms with Crippen molar-refractivity contribution in [3.63, 3.8) is 0 Å². The Bertz CT molecular complexity index is 121. The molecule has 0 fully saturated rings. The van der Waals surface area contributed by atoms with Crippen LogP contribution in [0.4, 0.5) is 0 Å². The van der Waals surface area contributed by atoms with Gasteiger partial charge in [-0.2, -0.15) is 0 Å². The molecule has 0 aliphatic heterocycles. The van der Waals surface area contributed by atoms with E-state index in [0.717, 1.165) is 26.4 Å². The third-order valence-electron chi connectivity index (χ3n) is 3.11. The lowest BCUT2D eigenvalue weighted by Gasteiger charge is -2.05. The molecular weight excluding hydrogens is 224 g/mol. The fourth-order valence-electron chi connectivity index (χ4n) is 1.84. The van der Waals surface area contributed by atoms with Crippen molar-refractivity contribution in [2.24, 2.45) is 0 Å². The van der Waals surface area contributed by atoms with Gasteiger partial charge in [0, 0.05) is 26.4 Å². The highest BCUT2D eigenvalue weighted by Crippen LogP contribution is 2.04. The Kier molecular flexibility index (Phi) is 16.8. The van der Waals surface area contributed by atoms with E-state index in [0.29, 0.717) is 0 Å². The zero-order valence-electron chi connectivity index (χ0n) is 12.7. The van der Waals surface area contributed by atoms with Crippen molar-refractivity contribution in [3.8, 4) is 0 Å². The van der Waals surface area contributed by atoms with Crippen LogP contribution in [0.3, 0.4) is 0 Å². The second-order valence-electron chi connectivity index (χ2n) is 5.05. The molecule has 0 radical (unpaired) electrons. The molecule has 0 bridgehead atoms. The molecule has 0 heterocycles. The van der Waals surface area contributed by atoms with E-state index < -0.39 is 0 Å². The van der Waals surface area contributed by atoms with Crippen LogP contribution in [0, 0.1) is 0 Å². The molecule has 0 N–H and O–H groups in total. The minimum Gasteiger partial charge on any atom is -0.381 e. The van der Waals surface area contributed by atoms with Crippen molar-refractivity contribution in [1.29, 1.82) is 0 Å². The molecule has 0 aromatic carbocycles. The molecule has 0 atom stereocenters. The summed E-state index contributed by atoms with van der Waals surface area (Å²) in [6.45, 7) is 8.24. The second-order valence-corrected chi connectivity index (χ2v) is 5.05. The monoisotopic (exact) mass is 258 g/mol. The lowest BCUT2D eigenvalue weighted by molar-refractivity contribution is 0.122. The summed E-state index contributed by atoms with van der Waals surface area (Å²) in [5.74, 6) is 0. The van der Waals surface area contributed by atoms with Crippen molar-refractivity contribution >= 4 is 0 Å². The molecule has 0 rings (SSSR count). The summed E-state index contributed by atoms with van der Waals surface area (Å²) < 4.78 is 11.1. The largest absolute Gasteiger partial charge is 0.381 e. The first-order valence-electron chi connectivity index (χ1n) is 8.07. The van der Waals surface area contributed by atoms with Gasteiger partial charge in [0.15, 0.2) is 0 Å². The Morgan fingerprint density at radius 2 is 0.833 bits per heavy atom. The van der Waals surface area contributed by atoms with E-state index in [-0.39, 0.29) is 0 Å². The first kappa shape index (κ1) is 17.9. The van der Waals surface area contributed by atoms with Gasteiger partial charge in [0.25, 0.3) is 0 Å². The van der Waals surface area contributed by atoms with Crippen LogP contribution >= 0.6 is 0 Å². The van der Waals surface area contributed by atoms with Gasteiger partial charge in [-0.1, -0.05) is 52.4 Å². The van der Waals surface area contributed by atoms with Gasteiger partial charge >= 0.3 is 0 Å². The first-order valence-corrected chi connectivity index (χ1v) is 8.07. The molecule has 0 amide bonds. The maximum atomic E-state index is 5.58. The van der Waals surface area contributed by atoms with Gasteiger partial charge in [-0.05, 0) is 25.7 Å². The summed E-state index contributed by atoms with van der Waals surface area (Å²) in [5, 5.41) is 0. The molecule has 0 aromatic heterocycles. The van der Waals surface area contributed by atoms with Crippen molar-refractivity contribution < 1.29 is 9.47 Å². The van der Waals surface area contributed by atoms with Crippen LogP contribution in [-0.4, -0.2) is 26.4 Å². The van der Waals surface area contributed by atoms with Gasteiger partial charge in [0.1, 0.15) is 0 Å². The minimum absolute atomic E-state index is 0.947. The highest BCUT2D eigenvalue weighted by molar-refractivity contribution is 4.45. The molecule has 0 saturated heterocycles. The number of ether oxygens (including phenoxy) is 2. The highest BCUT2D eigenvalue weighted by atomic mass is 16.5. The number of unbranched alkanes of at least 4 members (excludes halogenated alkanes) is 7. The minimum atomic E-state index is 0.947. The van der Waals surface area contributed by atoms with E-state index in [1.165, 1.54) is 64.2 Å². The van der Waals surface area contributed by atoms with E-state index >= 15 is 0 Å². The molecular formula is C16H34O2. The first-order chi connectivity index (χ1) is 8.91. The Hall–Kier alpha value is -0.0800. The molecule has 0 aliphatic rings. The number of hydrogen-bond donors (Lipinski definition) is 0. The van der Waals surface area contributed by atoms with Crippen LogP contribution in [0.5, 0.6) is 0 Å². The van der Waals surface area contributed by atoms with Gasteiger partial charge in [-0.25, -0.2) is 0 Å². The fourth-order valence-corrected chi connectivity index (χ4v) is 1.84. The standard InChI is InChI=1S/C16H34O2/c1-3-5-10-14-18-16-12-9-7-8-11-15-17-13-6-4-2/h3-16H2,1-2H3. The van der Waals surface area contributed by atoms with Crippen LogP contribution in [-0.2, 0) is 9.47 Å². The Labute approximate surface area is 114 Å². The molecule has 2 nitrogen and oxygen atoms in total. The summed E-state index contributed by atoms with van der Waals surface area (Å²) in [6, 6.07) is 0. The SMILES string of the molecule is CCCCCOCCCCCCCOCCCC. The third-order valence-corrected chi connectivity index (χ3v) is 3.11. The predicted molar refractivity (Wildman–Crippen MR) is 79.2 cm³/mol. The average molecular weight is 258 g/mol. The van der Waals surface area contributed by atoms with Crippen LogP contribution in [0.25, 0.3) is 0 Å². The van der Waals surface area contributed by atoms with Gasteiger partial charge < -0.3 is 9.47 Å². The zero-order chi connectivity index (χ0) is 13.3. The van der Waals surface area contributed by atoms with E-state index in [1.807, 2.05) is 0 Å². The van der Waals surface area contributed by atoms with E-state index in [1.54, 1.807) is 0 Å². The summed E-state index contributed by atoms with van der Waals surface area (Å²) >= 11 is 0. The van der Waals surface area contributed by atoms with Crippen molar-refractivity contribution in [2.75, 3.05) is 26.4 Å². The van der Waals surface area contributed by atoms with Crippen molar-refractivity contribution in [3.05, 3.63) is 0 Å². The molecule has 0 spiro atoms. The molecule has 2 heteroatoms. The smallest absolute Gasteiger partial charge is 0.0466 e. The molecule has 0 aliphatic carbocycles. The Morgan fingerprint density at radius 1 is 0.444 bits per heavy atom. The quantitative estimate of drug-likeness (QED) is 0.386. The summed E-state index contributed by atoms with van der Waals surface area (Å²) in [7, 11) is 0. The predicted octanol–water partition coefficient (Wildman–Crippen LogP) is 4.96. The normalized spacial score (nSPS) is 11.0. The lowest BCUT2D eigenvalue weighted by Crippen LogP contribution is -1.98. The molecule has 0 saturated carbocycles. The van der Waals surface area contributed by atoms with Gasteiger partial charge in [0.05, 0.1) is 0 Å². The lowest BCUT2D eigenvalue weighted by atomic mass is 10.1.